The number of hydrogen-bond acceptors (Lipinski definition) is 2. The molecule has 1 saturated heterocycles. The molecule has 0 saturated carbocycles. The predicted molar refractivity (Wildman–Crippen MR) is 120 cm³/mol. The van der Waals surface area contributed by atoms with Gasteiger partial charge in [-0.15, -0.1) is 0 Å². The zero-order valence-corrected chi connectivity index (χ0v) is 18.2. The van der Waals surface area contributed by atoms with Crippen LogP contribution in [0.15, 0.2) is 42.5 Å². The summed E-state index contributed by atoms with van der Waals surface area (Å²) in [5.41, 5.74) is 4.85. The van der Waals surface area contributed by atoms with E-state index in [0.29, 0.717) is 13.1 Å². The van der Waals surface area contributed by atoms with Crippen molar-refractivity contribution in [1.29, 1.82) is 0 Å². The van der Waals surface area contributed by atoms with Crippen molar-refractivity contribution in [3.05, 3.63) is 59.2 Å². The number of carboxylic acid groups (broad SMARTS) is 1. The van der Waals surface area contributed by atoms with Crippen LogP contribution in [0.3, 0.4) is 0 Å². The molecule has 0 aromatic heterocycles. The lowest BCUT2D eigenvalue weighted by atomic mass is 9.63. The van der Waals surface area contributed by atoms with Gasteiger partial charge in [-0.3, -0.25) is 9.80 Å². The summed E-state index contributed by atoms with van der Waals surface area (Å²) in [6.45, 7) is 10.5. The highest BCUT2D eigenvalue weighted by atomic mass is 16.4. The van der Waals surface area contributed by atoms with Crippen molar-refractivity contribution in [2.45, 2.75) is 57.8 Å². The third-order valence-electron chi connectivity index (χ3n) is 6.80. The number of carboxylic acids is 1. The number of anilines is 2. The van der Waals surface area contributed by atoms with E-state index in [1.807, 2.05) is 4.90 Å². The average Bonchev–Trinajstić information content (AvgIpc) is 2.71. The lowest BCUT2D eigenvalue weighted by molar-refractivity contribution is 0.0697. The van der Waals surface area contributed by atoms with Crippen LogP contribution in [0.1, 0.15) is 68.4 Å². The number of rotatable bonds is 3. The maximum atomic E-state index is 13.3. The lowest BCUT2D eigenvalue weighted by Gasteiger charge is -2.43. The van der Waals surface area contributed by atoms with Crippen molar-refractivity contribution in [2.24, 2.45) is 0 Å². The van der Waals surface area contributed by atoms with Gasteiger partial charge in [-0.2, -0.15) is 0 Å². The van der Waals surface area contributed by atoms with E-state index in [0.717, 1.165) is 30.6 Å². The third kappa shape index (κ3) is 3.47. The first kappa shape index (κ1) is 20.5. The molecule has 0 spiro atoms. The zero-order valence-electron chi connectivity index (χ0n) is 18.2. The molecule has 30 heavy (non-hydrogen) atoms. The molecule has 5 heteroatoms. The van der Waals surface area contributed by atoms with E-state index >= 15 is 0 Å². The number of urea groups is 1. The SMILES string of the molecule is CC1(C)CCC(C)(C)c2cc(N3CCCN(c4ccc(C(=O)O)cc4)C3=O)ccc21. The number of amides is 2. The summed E-state index contributed by atoms with van der Waals surface area (Å²) in [5.74, 6) is -0.965. The topological polar surface area (TPSA) is 60.9 Å². The van der Waals surface area contributed by atoms with E-state index in [9.17, 15) is 9.59 Å². The molecular formula is C25H30N2O3. The molecule has 0 radical (unpaired) electrons. The molecule has 158 valence electrons. The van der Waals surface area contributed by atoms with Crippen molar-refractivity contribution >= 4 is 23.4 Å². The summed E-state index contributed by atoms with van der Waals surface area (Å²) >= 11 is 0. The molecule has 1 aliphatic heterocycles. The summed E-state index contributed by atoms with van der Waals surface area (Å²) < 4.78 is 0. The van der Waals surface area contributed by atoms with E-state index in [1.54, 1.807) is 29.2 Å². The van der Waals surface area contributed by atoms with Crippen molar-refractivity contribution in [3.8, 4) is 0 Å². The summed E-state index contributed by atoms with van der Waals surface area (Å²) in [4.78, 5) is 28.0. The van der Waals surface area contributed by atoms with E-state index < -0.39 is 5.97 Å². The first-order chi connectivity index (χ1) is 14.1. The number of carbonyl (C=O) groups is 2. The second kappa shape index (κ2) is 7.15. The van der Waals surface area contributed by atoms with Crippen molar-refractivity contribution in [1.82, 2.24) is 0 Å². The molecule has 4 rings (SSSR count). The van der Waals surface area contributed by atoms with Crippen LogP contribution < -0.4 is 9.80 Å². The predicted octanol–water partition coefficient (Wildman–Crippen LogP) is 5.57. The van der Waals surface area contributed by atoms with Gasteiger partial charge in [0.1, 0.15) is 0 Å². The fourth-order valence-electron chi connectivity index (χ4n) is 4.73. The molecule has 0 atom stereocenters. The minimum Gasteiger partial charge on any atom is -0.478 e. The minimum atomic E-state index is -0.965. The molecule has 5 nitrogen and oxygen atoms in total. The van der Waals surface area contributed by atoms with Crippen molar-refractivity contribution < 1.29 is 14.7 Å². The normalized spacial score (nSPS) is 20.1. The molecule has 1 N–H and O–H groups in total. The highest BCUT2D eigenvalue weighted by molar-refractivity contribution is 6.04. The van der Waals surface area contributed by atoms with Gasteiger partial charge in [0, 0.05) is 24.5 Å². The third-order valence-corrected chi connectivity index (χ3v) is 6.80. The standard InChI is InChI=1S/C25H30N2O3/c1-24(2)12-13-25(3,4)21-16-19(10-11-20(21)24)27-15-5-14-26(23(27)30)18-8-6-17(7-9-18)22(28)29/h6-11,16H,5,12-15H2,1-4H3,(H,28,29). The Morgan fingerprint density at radius 3 is 1.97 bits per heavy atom. The largest absolute Gasteiger partial charge is 0.478 e. The molecule has 1 heterocycles. The van der Waals surface area contributed by atoms with E-state index in [2.05, 4.69) is 45.9 Å². The number of hydrogen-bond donors (Lipinski definition) is 1. The maximum Gasteiger partial charge on any atom is 0.335 e. The van der Waals surface area contributed by atoms with Gasteiger partial charge < -0.3 is 5.11 Å². The van der Waals surface area contributed by atoms with E-state index in [-0.39, 0.29) is 22.4 Å². The first-order valence-corrected chi connectivity index (χ1v) is 10.7. The second-order valence-corrected chi connectivity index (χ2v) is 9.79. The van der Waals surface area contributed by atoms with Crippen LogP contribution in [0.2, 0.25) is 0 Å². The summed E-state index contributed by atoms with van der Waals surface area (Å²) in [6, 6.07) is 13.0. The quantitative estimate of drug-likeness (QED) is 0.725. The number of carbonyl (C=O) groups excluding carboxylic acids is 1. The summed E-state index contributed by atoms with van der Waals surface area (Å²) in [7, 11) is 0. The Kier molecular flexibility index (Phi) is 4.88. The van der Waals surface area contributed by atoms with Crippen molar-refractivity contribution in [2.75, 3.05) is 22.9 Å². The zero-order chi connectivity index (χ0) is 21.7. The number of nitrogens with zero attached hydrogens (tertiary/aromatic N) is 2. The van der Waals surface area contributed by atoms with E-state index in [4.69, 9.17) is 5.11 Å². The number of fused-ring (bicyclic) bond motifs is 1. The van der Waals surface area contributed by atoms with Crippen LogP contribution in [-0.2, 0) is 10.8 Å². The lowest BCUT2D eigenvalue weighted by Crippen LogP contribution is -2.50. The molecule has 0 unspecified atom stereocenters. The fraction of sp³-hybridized carbons (Fsp3) is 0.440. The highest BCUT2D eigenvalue weighted by Gasteiger charge is 2.38. The Bertz CT molecular complexity index is 992. The highest BCUT2D eigenvalue weighted by Crippen LogP contribution is 2.47. The van der Waals surface area contributed by atoms with Gasteiger partial charge in [-0.25, -0.2) is 9.59 Å². The average molecular weight is 407 g/mol. The Morgan fingerprint density at radius 2 is 1.37 bits per heavy atom. The number of benzene rings is 2. The van der Waals surface area contributed by atoms with Crippen LogP contribution in [0.25, 0.3) is 0 Å². The molecule has 2 amide bonds. The Hall–Kier alpha value is -2.82. The molecule has 2 aromatic rings. The molecule has 1 aliphatic carbocycles. The molecule has 2 aliphatic rings. The van der Waals surface area contributed by atoms with Crippen LogP contribution in [0.4, 0.5) is 16.2 Å². The van der Waals surface area contributed by atoms with Crippen molar-refractivity contribution in [3.63, 3.8) is 0 Å². The van der Waals surface area contributed by atoms with Gasteiger partial charge in [0.15, 0.2) is 0 Å². The van der Waals surface area contributed by atoms with Gasteiger partial charge in [-0.1, -0.05) is 33.8 Å². The van der Waals surface area contributed by atoms with Gasteiger partial charge in [0.2, 0.25) is 0 Å². The van der Waals surface area contributed by atoms with Gasteiger partial charge in [-0.05, 0) is 77.6 Å². The Morgan fingerprint density at radius 1 is 0.833 bits per heavy atom. The molecule has 2 aromatic carbocycles. The van der Waals surface area contributed by atoms with Crippen LogP contribution >= 0.6 is 0 Å². The van der Waals surface area contributed by atoms with Crippen LogP contribution in [-0.4, -0.2) is 30.2 Å². The maximum absolute atomic E-state index is 13.3. The smallest absolute Gasteiger partial charge is 0.335 e. The molecule has 1 fully saturated rings. The van der Waals surface area contributed by atoms with Gasteiger partial charge >= 0.3 is 12.0 Å². The van der Waals surface area contributed by atoms with E-state index in [1.165, 1.54) is 11.1 Å². The Balaban J connectivity index is 1.66. The van der Waals surface area contributed by atoms with Gasteiger partial charge in [0.25, 0.3) is 0 Å². The second-order valence-electron chi connectivity index (χ2n) is 9.79. The first-order valence-electron chi connectivity index (χ1n) is 10.7. The van der Waals surface area contributed by atoms with Gasteiger partial charge in [0.05, 0.1) is 5.56 Å². The Labute approximate surface area is 178 Å². The fourth-order valence-corrected chi connectivity index (χ4v) is 4.73. The van der Waals surface area contributed by atoms with Crippen LogP contribution in [0, 0.1) is 0 Å². The molecular weight excluding hydrogens is 376 g/mol. The summed E-state index contributed by atoms with van der Waals surface area (Å²) in [6.07, 6.45) is 3.15. The monoisotopic (exact) mass is 406 g/mol. The minimum absolute atomic E-state index is 0.0582. The molecule has 0 bridgehead atoms. The summed E-state index contributed by atoms with van der Waals surface area (Å²) in [5, 5.41) is 9.12. The number of aromatic carboxylic acids is 1. The van der Waals surface area contributed by atoms with Crippen LogP contribution in [0.5, 0.6) is 0 Å².